The molecule has 0 heterocycles. The van der Waals surface area contributed by atoms with Gasteiger partial charge in [-0.15, -0.1) is 0 Å². The predicted octanol–water partition coefficient (Wildman–Crippen LogP) is 0.321. The van der Waals surface area contributed by atoms with Crippen LogP contribution in [0.2, 0.25) is 5.02 Å². The highest BCUT2D eigenvalue weighted by molar-refractivity contribution is 7.99. The van der Waals surface area contributed by atoms with Crippen molar-refractivity contribution >= 4 is 47.5 Å². The summed E-state index contributed by atoms with van der Waals surface area (Å²) in [5.74, 6) is 0.202. The van der Waals surface area contributed by atoms with Gasteiger partial charge in [0.25, 0.3) is 0 Å². The zero-order valence-electron chi connectivity index (χ0n) is 8.61. The van der Waals surface area contributed by atoms with E-state index in [-0.39, 0.29) is 16.4 Å². The quantitative estimate of drug-likeness (QED) is 0.681. The Hall–Kier alpha value is -0.685. The third-order valence-corrected chi connectivity index (χ3v) is 2.73. The zero-order valence-corrected chi connectivity index (χ0v) is 10.2. The molecular formula is C9H11BClNO3S. The lowest BCUT2D eigenvalue weighted by Crippen LogP contribution is -2.31. The largest absolute Gasteiger partial charge is 0.490 e. The summed E-state index contributed by atoms with van der Waals surface area (Å²) in [6.07, 6.45) is 1.82. The van der Waals surface area contributed by atoms with Gasteiger partial charge in [-0.1, -0.05) is 11.6 Å². The molecule has 0 spiro atoms. The molecule has 0 aliphatic heterocycles. The first-order chi connectivity index (χ1) is 7.54. The average Bonchev–Trinajstić information content (AvgIpc) is 2.21. The first-order valence-electron chi connectivity index (χ1n) is 4.49. The number of rotatable bonds is 4. The van der Waals surface area contributed by atoms with Crippen molar-refractivity contribution in [3.05, 3.63) is 23.2 Å². The lowest BCUT2D eigenvalue weighted by atomic mass is 9.80. The molecule has 1 rings (SSSR count). The molecule has 7 heteroatoms. The minimum Gasteiger partial charge on any atom is -0.423 e. The van der Waals surface area contributed by atoms with Gasteiger partial charge in [-0.25, -0.2) is 0 Å². The summed E-state index contributed by atoms with van der Waals surface area (Å²) < 4.78 is 0. The SMILES string of the molecule is CSCC(=O)Nc1ccc(Cl)c(B(O)O)c1. The van der Waals surface area contributed by atoms with E-state index in [2.05, 4.69) is 5.32 Å². The zero-order chi connectivity index (χ0) is 12.1. The molecule has 1 amide bonds. The Labute approximate surface area is 103 Å². The summed E-state index contributed by atoms with van der Waals surface area (Å²) in [6, 6.07) is 4.54. The van der Waals surface area contributed by atoms with Crippen molar-refractivity contribution in [3.63, 3.8) is 0 Å². The van der Waals surface area contributed by atoms with E-state index in [1.54, 1.807) is 6.07 Å². The van der Waals surface area contributed by atoms with Crippen LogP contribution in [0.4, 0.5) is 5.69 Å². The Morgan fingerprint density at radius 3 is 2.81 bits per heavy atom. The van der Waals surface area contributed by atoms with E-state index in [9.17, 15) is 4.79 Å². The third-order valence-electron chi connectivity index (χ3n) is 1.83. The summed E-state index contributed by atoms with van der Waals surface area (Å²) in [5.41, 5.74) is 0.662. The first kappa shape index (κ1) is 13.4. The molecule has 0 saturated carbocycles. The fourth-order valence-corrected chi connectivity index (χ4v) is 1.70. The van der Waals surface area contributed by atoms with Crippen LogP contribution in [0, 0.1) is 0 Å². The topological polar surface area (TPSA) is 69.6 Å². The number of hydrogen-bond donors (Lipinski definition) is 3. The van der Waals surface area contributed by atoms with E-state index in [1.807, 2.05) is 6.26 Å². The molecule has 0 saturated heterocycles. The van der Waals surface area contributed by atoms with Crippen molar-refractivity contribution < 1.29 is 14.8 Å². The van der Waals surface area contributed by atoms with Crippen LogP contribution in [0.1, 0.15) is 0 Å². The highest BCUT2D eigenvalue weighted by Gasteiger charge is 2.16. The van der Waals surface area contributed by atoms with Crippen molar-refractivity contribution in [2.24, 2.45) is 0 Å². The van der Waals surface area contributed by atoms with Crippen LogP contribution in [-0.2, 0) is 4.79 Å². The fraction of sp³-hybridized carbons (Fsp3) is 0.222. The second-order valence-corrected chi connectivity index (χ2v) is 4.36. The van der Waals surface area contributed by atoms with Crippen LogP contribution >= 0.6 is 23.4 Å². The molecule has 0 atom stereocenters. The van der Waals surface area contributed by atoms with Gasteiger partial charge in [-0.05, 0) is 24.5 Å². The lowest BCUT2D eigenvalue weighted by Gasteiger charge is -2.08. The Morgan fingerprint density at radius 2 is 2.25 bits per heavy atom. The lowest BCUT2D eigenvalue weighted by molar-refractivity contribution is -0.113. The van der Waals surface area contributed by atoms with Gasteiger partial charge < -0.3 is 15.4 Å². The molecule has 0 aromatic heterocycles. The van der Waals surface area contributed by atoms with Gasteiger partial charge in [-0.2, -0.15) is 11.8 Å². The van der Waals surface area contributed by atoms with Gasteiger partial charge in [0.15, 0.2) is 0 Å². The Balaban J connectivity index is 2.82. The number of hydrogen-bond acceptors (Lipinski definition) is 4. The van der Waals surface area contributed by atoms with Crippen molar-refractivity contribution in [2.45, 2.75) is 0 Å². The van der Waals surface area contributed by atoms with Crippen molar-refractivity contribution in [1.82, 2.24) is 0 Å². The van der Waals surface area contributed by atoms with Crippen LogP contribution in [0.25, 0.3) is 0 Å². The monoisotopic (exact) mass is 259 g/mol. The van der Waals surface area contributed by atoms with E-state index in [4.69, 9.17) is 21.6 Å². The summed E-state index contributed by atoms with van der Waals surface area (Å²) in [5, 5.41) is 20.9. The first-order valence-corrected chi connectivity index (χ1v) is 6.26. The summed E-state index contributed by atoms with van der Waals surface area (Å²) >= 11 is 7.16. The maximum absolute atomic E-state index is 11.3. The van der Waals surface area contributed by atoms with Crippen LogP contribution in [-0.4, -0.2) is 35.1 Å². The van der Waals surface area contributed by atoms with Gasteiger partial charge >= 0.3 is 7.12 Å². The second kappa shape index (κ2) is 6.15. The van der Waals surface area contributed by atoms with E-state index in [0.717, 1.165) is 0 Å². The van der Waals surface area contributed by atoms with Crippen LogP contribution in [0.15, 0.2) is 18.2 Å². The third kappa shape index (κ3) is 3.71. The van der Waals surface area contributed by atoms with Crippen LogP contribution in [0.5, 0.6) is 0 Å². The molecule has 1 aromatic carbocycles. The van der Waals surface area contributed by atoms with E-state index in [0.29, 0.717) is 11.4 Å². The van der Waals surface area contributed by atoms with Gasteiger partial charge in [0.2, 0.25) is 5.91 Å². The van der Waals surface area contributed by atoms with Crippen LogP contribution < -0.4 is 10.8 Å². The van der Waals surface area contributed by atoms with Gasteiger partial charge in [0, 0.05) is 16.2 Å². The molecule has 86 valence electrons. The molecule has 0 aliphatic carbocycles. The number of amides is 1. The van der Waals surface area contributed by atoms with Crippen LogP contribution in [0.3, 0.4) is 0 Å². The summed E-state index contributed by atoms with van der Waals surface area (Å²) in [6.45, 7) is 0. The molecule has 4 nitrogen and oxygen atoms in total. The van der Waals surface area contributed by atoms with E-state index >= 15 is 0 Å². The maximum atomic E-state index is 11.3. The number of carbonyl (C=O) groups is 1. The minimum atomic E-state index is -1.65. The van der Waals surface area contributed by atoms with Crippen molar-refractivity contribution in [3.8, 4) is 0 Å². The second-order valence-electron chi connectivity index (χ2n) is 3.09. The Kier molecular flexibility index (Phi) is 5.14. The molecule has 0 radical (unpaired) electrons. The summed E-state index contributed by atoms with van der Waals surface area (Å²) in [7, 11) is -1.65. The number of nitrogens with one attached hydrogen (secondary N) is 1. The molecule has 1 aromatic rings. The number of anilines is 1. The predicted molar refractivity (Wildman–Crippen MR) is 68.3 cm³/mol. The van der Waals surface area contributed by atoms with E-state index < -0.39 is 7.12 Å². The maximum Gasteiger partial charge on any atom is 0.490 e. The molecule has 0 aliphatic rings. The van der Waals surface area contributed by atoms with Crippen molar-refractivity contribution in [2.75, 3.05) is 17.3 Å². The Bertz CT molecular complexity index is 389. The smallest absolute Gasteiger partial charge is 0.423 e. The number of benzene rings is 1. The molecule has 0 unspecified atom stereocenters. The average molecular weight is 260 g/mol. The van der Waals surface area contributed by atoms with Gasteiger partial charge in [0.05, 0.1) is 5.75 Å². The Morgan fingerprint density at radius 1 is 1.56 bits per heavy atom. The molecular weight excluding hydrogens is 248 g/mol. The summed E-state index contributed by atoms with van der Waals surface area (Å²) in [4.78, 5) is 11.3. The van der Waals surface area contributed by atoms with E-state index in [1.165, 1.54) is 23.9 Å². The normalized spacial score (nSPS) is 10.0. The highest BCUT2D eigenvalue weighted by atomic mass is 35.5. The highest BCUT2D eigenvalue weighted by Crippen LogP contribution is 2.12. The van der Waals surface area contributed by atoms with Gasteiger partial charge in [-0.3, -0.25) is 4.79 Å². The fourth-order valence-electron chi connectivity index (χ4n) is 1.15. The molecule has 3 N–H and O–H groups in total. The number of thioether (sulfide) groups is 1. The van der Waals surface area contributed by atoms with Gasteiger partial charge in [0.1, 0.15) is 0 Å². The number of halogens is 1. The molecule has 16 heavy (non-hydrogen) atoms. The standard InChI is InChI=1S/C9H11BClNO3S/c1-16-5-9(13)12-6-2-3-8(11)7(4-6)10(14)15/h2-4,14-15H,5H2,1H3,(H,12,13). The van der Waals surface area contributed by atoms with Crippen molar-refractivity contribution in [1.29, 1.82) is 0 Å². The molecule has 0 fully saturated rings. The molecule has 0 bridgehead atoms. The number of carbonyl (C=O) groups excluding carboxylic acids is 1. The minimum absolute atomic E-state index is 0.145.